The van der Waals surface area contributed by atoms with Gasteiger partial charge in [-0.05, 0) is 18.1 Å². The van der Waals surface area contributed by atoms with Crippen molar-refractivity contribution in [3.63, 3.8) is 0 Å². The Morgan fingerprint density at radius 1 is 1.46 bits per heavy atom. The van der Waals surface area contributed by atoms with Gasteiger partial charge in [0.15, 0.2) is 0 Å². The summed E-state index contributed by atoms with van der Waals surface area (Å²) in [5, 5.41) is 9.33. The second-order valence-corrected chi connectivity index (χ2v) is 3.10. The van der Waals surface area contributed by atoms with Crippen LogP contribution in [0.1, 0.15) is 24.1 Å². The third kappa shape index (κ3) is 2.17. The van der Waals surface area contributed by atoms with Crippen molar-refractivity contribution in [1.29, 1.82) is 0 Å². The minimum atomic E-state index is -0.541. The molecule has 1 aromatic carbocycles. The van der Waals surface area contributed by atoms with E-state index >= 15 is 0 Å². The first-order valence-corrected chi connectivity index (χ1v) is 4.32. The summed E-state index contributed by atoms with van der Waals surface area (Å²) < 4.78 is 0. The summed E-state index contributed by atoms with van der Waals surface area (Å²) in [4.78, 5) is 0. The van der Waals surface area contributed by atoms with Crippen molar-refractivity contribution in [2.45, 2.75) is 19.1 Å². The molecule has 0 bridgehead atoms. The smallest absolute Gasteiger partial charge is 0.0704 e. The molecule has 0 saturated carbocycles. The van der Waals surface area contributed by atoms with Crippen LogP contribution in [0.4, 0.5) is 0 Å². The molecule has 1 rings (SSSR count). The van der Waals surface area contributed by atoms with E-state index in [1.165, 1.54) is 0 Å². The lowest BCUT2D eigenvalue weighted by atomic mass is 9.98. The van der Waals surface area contributed by atoms with Gasteiger partial charge in [0, 0.05) is 0 Å². The van der Waals surface area contributed by atoms with Crippen molar-refractivity contribution in [2.75, 3.05) is 0 Å². The summed E-state index contributed by atoms with van der Waals surface area (Å²) in [5.74, 6) is 0. The number of benzene rings is 1. The molecule has 0 spiro atoms. The lowest BCUT2D eigenvalue weighted by Gasteiger charge is -2.17. The first-order valence-electron chi connectivity index (χ1n) is 4.32. The molecule has 0 aliphatic heterocycles. The molecular formula is C11H15NO. The highest BCUT2D eigenvalue weighted by Gasteiger charge is 2.13. The van der Waals surface area contributed by atoms with Gasteiger partial charge in [-0.15, -0.1) is 0 Å². The van der Waals surface area contributed by atoms with Crippen molar-refractivity contribution < 1.29 is 5.11 Å². The molecule has 0 aliphatic rings. The lowest BCUT2D eigenvalue weighted by molar-refractivity contribution is 0.164. The van der Waals surface area contributed by atoms with E-state index in [0.29, 0.717) is 0 Å². The van der Waals surface area contributed by atoms with E-state index in [-0.39, 0.29) is 6.04 Å². The fourth-order valence-corrected chi connectivity index (χ4v) is 1.26. The molecule has 3 N–H and O–H groups in total. The highest BCUT2D eigenvalue weighted by molar-refractivity contribution is 5.52. The number of rotatable bonds is 3. The van der Waals surface area contributed by atoms with Crippen LogP contribution in [-0.2, 0) is 0 Å². The van der Waals surface area contributed by atoms with Crippen LogP contribution < -0.4 is 5.73 Å². The van der Waals surface area contributed by atoms with Crippen LogP contribution >= 0.6 is 0 Å². The van der Waals surface area contributed by atoms with E-state index in [1.807, 2.05) is 24.3 Å². The highest BCUT2D eigenvalue weighted by atomic mass is 16.3. The van der Waals surface area contributed by atoms with Crippen LogP contribution in [0.2, 0.25) is 0 Å². The van der Waals surface area contributed by atoms with E-state index in [1.54, 1.807) is 13.0 Å². The zero-order valence-corrected chi connectivity index (χ0v) is 7.77. The van der Waals surface area contributed by atoms with Gasteiger partial charge in [-0.3, -0.25) is 0 Å². The summed E-state index contributed by atoms with van der Waals surface area (Å²) in [6, 6.07) is 7.34. The highest BCUT2D eigenvalue weighted by Crippen LogP contribution is 2.19. The summed E-state index contributed by atoms with van der Waals surface area (Å²) >= 11 is 0. The maximum Gasteiger partial charge on any atom is 0.0704 e. The van der Waals surface area contributed by atoms with Gasteiger partial charge in [0.1, 0.15) is 0 Å². The van der Waals surface area contributed by atoms with Crippen molar-refractivity contribution in [2.24, 2.45) is 5.73 Å². The number of aliphatic hydroxyl groups is 1. The average molecular weight is 177 g/mol. The van der Waals surface area contributed by atoms with Gasteiger partial charge in [0.2, 0.25) is 0 Å². The van der Waals surface area contributed by atoms with Crippen LogP contribution in [0.25, 0.3) is 6.08 Å². The van der Waals surface area contributed by atoms with Crippen molar-refractivity contribution in [1.82, 2.24) is 0 Å². The first kappa shape index (κ1) is 9.96. The molecular weight excluding hydrogens is 162 g/mol. The Morgan fingerprint density at radius 2 is 2.08 bits per heavy atom. The number of aliphatic hydroxyl groups excluding tert-OH is 1. The first-order chi connectivity index (χ1) is 6.16. The molecule has 1 aromatic rings. The molecule has 2 atom stereocenters. The Bertz CT molecular complexity index is 294. The Balaban J connectivity index is 3.05. The van der Waals surface area contributed by atoms with Gasteiger partial charge in [0.25, 0.3) is 0 Å². The molecule has 0 fully saturated rings. The summed E-state index contributed by atoms with van der Waals surface area (Å²) in [5.41, 5.74) is 7.74. The third-order valence-corrected chi connectivity index (χ3v) is 2.09. The molecule has 0 aromatic heterocycles. The minimum absolute atomic E-state index is 0.339. The molecule has 2 nitrogen and oxygen atoms in total. The maximum absolute atomic E-state index is 9.33. The van der Waals surface area contributed by atoms with E-state index in [2.05, 4.69) is 6.58 Å². The number of hydrogen-bond acceptors (Lipinski definition) is 2. The molecule has 0 unspecified atom stereocenters. The predicted octanol–water partition coefficient (Wildman–Crippen LogP) is 1.71. The zero-order valence-electron chi connectivity index (χ0n) is 7.77. The van der Waals surface area contributed by atoms with Crippen LogP contribution in [0.5, 0.6) is 0 Å². The average Bonchev–Trinajstić information content (AvgIpc) is 2.16. The van der Waals surface area contributed by atoms with Crippen LogP contribution in [0, 0.1) is 0 Å². The quantitative estimate of drug-likeness (QED) is 0.738. The summed E-state index contributed by atoms with van der Waals surface area (Å²) in [6.07, 6.45) is 1.21. The van der Waals surface area contributed by atoms with Crippen molar-refractivity contribution >= 4 is 6.08 Å². The molecule has 0 saturated heterocycles. The van der Waals surface area contributed by atoms with Crippen LogP contribution in [-0.4, -0.2) is 11.2 Å². The largest absolute Gasteiger partial charge is 0.391 e. The fraction of sp³-hybridized carbons (Fsp3) is 0.273. The van der Waals surface area contributed by atoms with Gasteiger partial charge in [-0.1, -0.05) is 36.9 Å². The Morgan fingerprint density at radius 3 is 2.62 bits per heavy atom. The molecule has 2 heteroatoms. The summed E-state index contributed by atoms with van der Waals surface area (Å²) in [7, 11) is 0. The van der Waals surface area contributed by atoms with E-state index < -0.39 is 6.10 Å². The second-order valence-electron chi connectivity index (χ2n) is 3.10. The molecule has 70 valence electrons. The van der Waals surface area contributed by atoms with Gasteiger partial charge in [-0.25, -0.2) is 0 Å². The zero-order chi connectivity index (χ0) is 9.84. The Labute approximate surface area is 78.7 Å². The topological polar surface area (TPSA) is 46.2 Å². The Kier molecular flexibility index (Phi) is 3.23. The normalized spacial score (nSPS) is 15.0. The molecule has 13 heavy (non-hydrogen) atoms. The summed E-state index contributed by atoms with van der Waals surface area (Å²) in [6.45, 7) is 5.38. The van der Waals surface area contributed by atoms with Gasteiger partial charge >= 0.3 is 0 Å². The van der Waals surface area contributed by atoms with Crippen molar-refractivity contribution in [3.05, 3.63) is 42.0 Å². The second kappa shape index (κ2) is 4.21. The molecule has 0 heterocycles. The monoisotopic (exact) mass is 177 g/mol. The molecule has 0 radical (unpaired) electrons. The molecule has 0 aliphatic carbocycles. The number of nitrogens with two attached hydrogens (primary N) is 1. The fourth-order valence-electron chi connectivity index (χ4n) is 1.26. The molecule has 0 amide bonds. The van der Waals surface area contributed by atoms with Gasteiger partial charge < -0.3 is 10.8 Å². The van der Waals surface area contributed by atoms with E-state index in [4.69, 9.17) is 5.73 Å². The van der Waals surface area contributed by atoms with E-state index in [9.17, 15) is 5.11 Å². The van der Waals surface area contributed by atoms with Crippen LogP contribution in [0.3, 0.4) is 0 Å². The third-order valence-electron chi connectivity index (χ3n) is 2.09. The predicted molar refractivity (Wildman–Crippen MR) is 55.1 cm³/mol. The SMILES string of the molecule is C=Cc1ccccc1[C@@H](N)[C@@H](C)O. The lowest BCUT2D eigenvalue weighted by Crippen LogP contribution is -2.23. The maximum atomic E-state index is 9.33. The van der Waals surface area contributed by atoms with Gasteiger partial charge in [-0.2, -0.15) is 0 Å². The number of hydrogen-bond donors (Lipinski definition) is 2. The minimum Gasteiger partial charge on any atom is -0.391 e. The van der Waals surface area contributed by atoms with Crippen LogP contribution in [0.15, 0.2) is 30.8 Å². The standard InChI is InChI=1S/C11H15NO/c1-3-9-6-4-5-7-10(9)11(12)8(2)13/h3-8,11,13H,1,12H2,2H3/t8-,11+/m1/s1. The van der Waals surface area contributed by atoms with Gasteiger partial charge in [0.05, 0.1) is 12.1 Å². The van der Waals surface area contributed by atoms with E-state index in [0.717, 1.165) is 11.1 Å². The van der Waals surface area contributed by atoms with Crippen molar-refractivity contribution in [3.8, 4) is 0 Å². The Hall–Kier alpha value is -1.12.